The molecular formula is C39H27N3O2. The number of pyridine rings is 1. The van der Waals surface area contributed by atoms with Gasteiger partial charge in [0.05, 0.1) is 16.7 Å². The molecule has 0 bridgehead atoms. The van der Waals surface area contributed by atoms with E-state index in [-0.39, 0.29) is 0 Å². The van der Waals surface area contributed by atoms with Crippen molar-refractivity contribution in [1.82, 2.24) is 15.2 Å². The molecule has 4 aromatic carbocycles. The van der Waals surface area contributed by atoms with Gasteiger partial charge in [-0.3, -0.25) is 4.98 Å². The second-order valence-corrected chi connectivity index (χ2v) is 11.7. The van der Waals surface area contributed by atoms with Crippen LogP contribution in [0.3, 0.4) is 0 Å². The Morgan fingerprint density at radius 1 is 0.682 bits per heavy atom. The molecule has 6 aromatic rings. The van der Waals surface area contributed by atoms with Crippen LogP contribution in [0.25, 0.3) is 39.7 Å². The van der Waals surface area contributed by atoms with E-state index in [2.05, 4.69) is 96.0 Å². The Bertz CT molecular complexity index is 2140. The Kier molecular flexibility index (Phi) is 5.38. The number of fused-ring (bicyclic) bond motifs is 8. The van der Waals surface area contributed by atoms with Crippen molar-refractivity contribution in [2.45, 2.75) is 18.8 Å². The Hall–Kier alpha value is -5.55. The van der Waals surface area contributed by atoms with Crippen molar-refractivity contribution in [3.05, 3.63) is 155 Å². The molecule has 1 aliphatic heterocycles. The molecule has 0 N–H and O–H groups in total. The number of para-hydroxylation sites is 1. The Labute approximate surface area is 255 Å². The summed E-state index contributed by atoms with van der Waals surface area (Å²) in [6.07, 6.45) is 7.46. The maximum absolute atomic E-state index is 6.68. The second kappa shape index (κ2) is 9.48. The van der Waals surface area contributed by atoms with Gasteiger partial charge in [-0.05, 0) is 71.0 Å². The fourth-order valence-electron chi connectivity index (χ4n) is 7.22. The van der Waals surface area contributed by atoms with Gasteiger partial charge in [0, 0.05) is 28.5 Å². The number of nitrogens with zero attached hydrogens (tertiary/aromatic N) is 3. The van der Waals surface area contributed by atoms with E-state index in [1.54, 1.807) is 6.20 Å². The summed E-state index contributed by atoms with van der Waals surface area (Å²) in [7, 11) is 0. The van der Waals surface area contributed by atoms with E-state index in [1.807, 2.05) is 42.5 Å². The summed E-state index contributed by atoms with van der Waals surface area (Å²) in [6, 6.07) is 37.7. The first kappa shape index (κ1) is 25.0. The summed E-state index contributed by atoms with van der Waals surface area (Å²) >= 11 is 0. The van der Waals surface area contributed by atoms with Gasteiger partial charge < -0.3 is 9.15 Å². The predicted octanol–water partition coefficient (Wildman–Crippen LogP) is 9.27. The number of allylic oxidation sites excluding steroid dienone is 4. The summed E-state index contributed by atoms with van der Waals surface area (Å²) in [5.41, 5.74) is 10.9. The zero-order valence-corrected chi connectivity index (χ0v) is 24.1. The molecule has 2 aliphatic carbocycles. The molecule has 0 saturated heterocycles. The minimum atomic E-state index is -0.403. The van der Waals surface area contributed by atoms with Gasteiger partial charge in [0.2, 0.25) is 11.8 Å². The molecule has 0 amide bonds. The monoisotopic (exact) mass is 569 g/mol. The van der Waals surface area contributed by atoms with Crippen LogP contribution in [0.1, 0.15) is 35.6 Å². The van der Waals surface area contributed by atoms with Gasteiger partial charge in [-0.2, -0.15) is 0 Å². The molecule has 3 heterocycles. The van der Waals surface area contributed by atoms with Crippen LogP contribution in [0.5, 0.6) is 11.5 Å². The first-order chi connectivity index (χ1) is 21.7. The number of ether oxygens (including phenoxy) is 1. The van der Waals surface area contributed by atoms with Crippen LogP contribution in [-0.4, -0.2) is 15.2 Å². The highest BCUT2D eigenvalue weighted by Crippen LogP contribution is 2.63. The van der Waals surface area contributed by atoms with Crippen molar-refractivity contribution in [1.29, 1.82) is 0 Å². The van der Waals surface area contributed by atoms with Crippen molar-refractivity contribution >= 4 is 5.57 Å². The lowest BCUT2D eigenvalue weighted by atomic mass is 9.63. The van der Waals surface area contributed by atoms with Crippen LogP contribution in [0.2, 0.25) is 0 Å². The van der Waals surface area contributed by atoms with Gasteiger partial charge in [-0.1, -0.05) is 91.9 Å². The molecule has 9 rings (SSSR count). The molecular weight excluding hydrogens is 542 g/mol. The first-order valence-corrected chi connectivity index (χ1v) is 15.0. The van der Waals surface area contributed by atoms with E-state index in [4.69, 9.17) is 14.1 Å². The quantitative estimate of drug-likeness (QED) is 0.213. The largest absolute Gasteiger partial charge is 0.457 e. The average molecular weight is 570 g/mol. The lowest BCUT2D eigenvalue weighted by molar-refractivity contribution is 0.429. The summed E-state index contributed by atoms with van der Waals surface area (Å²) in [4.78, 5) is 4.80. The number of hydrogen-bond donors (Lipinski definition) is 0. The molecule has 2 aromatic heterocycles. The third kappa shape index (κ3) is 3.56. The molecule has 5 nitrogen and oxygen atoms in total. The maximum Gasteiger partial charge on any atom is 0.249 e. The number of hydrogen-bond acceptors (Lipinski definition) is 5. The average Bonchev–Trinajstić information content (AvgIpc) is 3.68. The Morgan fingerprint density at radius 3 is 2.25 bits per heavy atom. The highest BCUT2D eigenvalue weighted by atomic mass is 16.5. The van der Waals surface area contributed by atoms with Gasteiger partial charge in [0.25, 0.3) is 0 Å². The molecule has 2 atom stereocenters. The summed E-state index contributed by atoms with van der Waals surface area (Å²) in [5, 5.41) is 8.48. The van der Waals surface area contributed by atoms with Crippen molar-refractivity contribution in [3.63, 3.8) is 0 Å². The van der Waals surface area contributed by atoms with Crippen LogP contribution in [0.15, 0.2) is 138 Å². The molecule has 5 heteroatoms. The molecule has 1 unspecified atom stereocenters. The first-order valence-electron chi connectivity index (χ1n) is 15.0. The number of benzene rings is 4. The SMILES string of the molecule is C[C@H]1C=CC2=C(C1)C1(c3ccccc3Oc3cc(-c4ccc(-c5nnc(-c6ccccc6)o5)cn4)ccc31)c1ccccc12. The minimum absolute atomic E-state index is 0.403. The van der Waals surface area contributed by atoms with Gasteiger partial charge in [-0.15, -0.1) is 10.2 Å². The smallest absolute Gasteiger partial charge is 0.249 e. The summed E-state index contributed by atoms with van der Waals surface area (Å²) < 4.78 is 12.6. The van der Waals surface area contributed by atoms with Crippen molar-refractivity contribution < 1.29 is 9.15 Å². The molecule has 0 fully saturated rings. The lowest BCUT2D eigenvalue weighted by Crippen LogP contribution is -2.34. The van der Waals surface area contributed by atoms with E-state index in [0.717, 1.165) is 40.3 Å². The van der Waals surface area contributed by atoms with Gasteiger partial charge in [0.1, 0.15) is 11.5 Å². The van der Waals surface area contributed by atoms with Gasteiger partial charge >= 0.3 is 0 Å². The third-order valence-corrected chi connectivity index (χ3v) is 9.17. The lowest BCUT2D eigenvalue weighted by Gasteiger charge is -2.41. The normalized spacial score (nSPS) is 19.2. The molecule has 0 saturated carbocycles. The summed E-state index contributed by atoms with van der Waals surface area (Å²) in [6.45, 7) is 2.30. The minimum Gasteiger partial charge on any atom is -0.457 e. The fourth-order valence-corrected chi connectivity index (χ4v) is 7.22. The predicted molar refractivity (Wildman–Crippen MR) is 171 cm³/mol. The molecule has 1 spiro atoms. The number of aromatic nitrogens is 3. The zero-order chi connectivity index (χ0) is 29.3. The zero-order valence-electron chi connectivity index (χ0n) is 24.1. The molecule has 0 radical (unpaired) electrons. The number of rotatable bonds is 3. The third-order valence-electron chi connectivity index (χ3n) is 9.17. The topological polar surface area (TPSA) is 61.0 Å². The highest BCUT2D eigenvalue weighted by molar-refractivity contribution is 5.92. The Morgan fingerprint density at radius 2 is 1.41 bits per heavy atom. The van der Waals surface area contributed by atoms with Crippen LogP contribution in [0, 0.1) is 5.92 Å². The van der Waals surface area contributed by atoms with E-state index in [1.165, 1.54) is 33.4 Å². The Balaban J connectivity index is 1.15. The fraction of sp³-hybridized carbons (Fsp3) is 0.103. The van der Waals surface area contributed by atoms with Crippen LogP contribution in [0.4, 0.5) is 0 Å². The van der Waals surface area contributed by atoms with E-state index < -0.39 is 5.41 Å². The van der Waals surface area contributed by atoms with Crippen molar-refractivity contribution in [3.8, 4) is 45.7 Å². The van der Waals surface area contributed by atoms with Crippen molar-refractivity contribution in [2.24, 2.45) is 5.92 Å². The summed E-state index contributed by atoms with van der Waals surface area (Å²) in [5.74, 6) is 3.15. The van der Waals surface area contributed by atoms with Crippen LogP contribution >= 0.6 is 0 Å². The second-order valence-electron chi connectivity index (χ2n) is 11.7. The van der Waals surface area contributed by atoms with E-state index in [0.29, 0.717) is 17.7 Å². The highest BCUT2D eigenvalue weighted by Gasteiger charge is 2.52. The standard InChI is InChI=1S/C39H27N3O2/c1-24-15-18-29-28-11-5-6-12-30(28)39(33(29)21-24)31-13-7-8-14-35(31)43-36-22-26(16-19-32(36)39)34-20-17-27(23-40-34)38-42-41-37(44-38)25-9-3-2-4-10-25/h2-20,22-24H,21H2,1H3/t24-,39?/m0/s1. The molecule has 3 aliphatic rings. The van der Waals surface area contributed by atoms with E-state index in [9.17, 15) is 0 Å². The van der Waals surface area contributed by atoms with E-state index >= 15 is 0 Å². The van der Waals surface area contributed by atoms with Crippen LogP contribution < -0.4 is 4.74 Å². The van der Waals surface area contributed by atoms with Gasteiger partial charge in [-0.25, -0.2) is 0 Å². The molecule has 44 heavy (non-hydrogen) atoms. The molecule has 210 valence electrons. The van der Waals surface area contributed by atoms with Gasteiger partial charge in [0.15, 0.2) is 0 Å². The van der Waals surface area contributed by atoms with Crippen LogP contribution in [-0.2, 0) is 5.41 Å². The van der Waals surface area contributed by atoms with Crippen molar-refractivity contribution in [2.75, 3.05) is 0 Å². The maximum atomic E-state index is 6.68.